The van der Waals surface area contributed by atoms with E-state index < -0.39 is 4.92 Å². The number of rotatable bonds is 8. The molecule has 0 spiro atoms. The number of aromatic nitrogens is 1. The van der Waals surface area contributed by atoms with Crippen molar-refractivity contribution in [3.05, 3.63) is 27.0 Å². The number of hydrogen-bond acceptors (Lipinski definition) is 5. The average molecular weight is 332 g/mol. The maximum Gasteiger partial charge on any atom is 0.311 e. The predicted octanol–water partition coefficient (Wildman–Crippen LogP) is 3.23. The average Bonchev–Trinajstić information content (AvgIpc) is 2.34. The van der Waals surface area contributed by atoms with Crippen LogP contribution >= 0.6 is 15.9 Å². The summed E-state index contributed by atoms with van der Waals surface area (Å²) in [4.78, 5) is 14.2. The number of anilines is 1. The Bertz CT molecular complexity index is 427. The van der Waals surface area contributed by atoms with Crippen molar-refractivity contribution in [2.75, 3.05) is 25.1 Å². The number of ether oxygens (including phenoxy) is 1. The van der Waals surface area contributed by atoms with E-state index in [1.54, 1.807) is 0 Å². The van der Waals surface area contributed by atoms with Crippen LogP contribution < -0.4 is 5.32 Å². The number of halogens is 1. The molecule has 1 N–H and O–H groups in total. The molecule has 1 aromatic rings. The largest absolute Gasteiger partial charge is 0.381 e. The highest BCUT2D eigenvalue weighted by atomic mass is 79.9. The normalized spacial score (nSPS) is 10.7. The molecule has 106 valence electrons. The summed E-state index contributed by atoms with van der Waals surface area (Å²) in [6, 6.07) is 0. The minimum atomic E-state index is -0.449. The molecular formula is C12H18BrN3O3. The van der Waals surface area contributed by atoms with Gasteiger partial charge < -0.3 is 10.1 Å². The Morgan fingerprint density at radius 2 is 2.26 bits per heavy atom. The maximum atomic E-state index is 10.9. The molecule has 1 heterocycles. The van der Waals surface area contributed by atoms with E-state index in [9.17, 15) is 10.1 Å². The second-order valence-corrected chi connectivity index (χ2v) is 5.38. The van der Waals surface area contributed by atoms with E-state index in [1.807, 2.05) is 0 Å². The minimum absolute atomic E-state index is 0.0301. The smallest absolute Gasteiger partial charge is 0.311 e. The summed E-state index contributed by atoms with van der Waals surface area (Å²) in [5.74, 6) is 0.517. The lowest BCUT2D eigenvalue weighted by atomic mass is 10.2. The van der Waals surface area contributed by atoms with Gasteiger partial charge in [0.25, 0.3) is 0 Å². The van der Waals surface area contributed by atoms with Crippen LogP contribution in [0, 0.1) is 16.0 Å². The van der Waals surface area contributed by atoms with Gasteiger partial charge in [0.1, 0.15) is 11.9 Å². The van der Waals surface area contributed by atoms with Crippen LogP contribution in [0.1, 0.15) is 20.3 Å². The van der Waals surface area contributed by atoms with Crippen molar-refractivity contribution in [3.8, 4) is 0 Å². The molecule has 0 aromatic carbocycles. The lowest BCUT2D eigenvalue weighted by molar-refractivity contribution is -0.384. The standard InChI is InChI=1S/C12H18BrN3O3/c1-9(2)8-19-5-3-4-15-12-10(13)6-14-7-11(12)16(17)18/h6-7,9H,3-5,8H2,1-2H3,(H,14,15). The Kier molecular flexibility index (Phi) is 6.72. The molecule has 0 bridgehead atoms. The third-order valence-corrected chi connectivity index (χ3v) is 2.90. The second-order valence-electron chi connectivity index (χ2n) is 4.52. The van der Waals surface area contributed by atoms with Gasteiger partial charge in [0.15, 0.2) is 0 Å². The molecule has 1 aromatic heterocycles. The summed E-state index contributed by atoms with van der Waals surface area (Å²) < 4.78 is 6.03. The Labute approximate surface area is 120 Å². The van der Waals surface area contributed by atoms with Crippen LogP contribution in [-0.4, -0.2) is 29.7 Å². The van der Waals surface area contributed by atoms with Gasteiger partial charge in [0.05, 0.1) is 9.40 Å². The molecule has 0 saturated heterocycles. The van der Waals surface area contributed by atoms with Crippen LogP contribution in [-0.2, 0) is 4.74 Å². The third-order valence-electron chi connectivity index (χ3n) is 2.29. The molecule has 19 heavy (non-hydrogen) atoms. The molecule has 0 atom stereocenters. The Morgan fingerprint density at radius 3 is 2.89 bits per heavy atom. The van der Waals surface area contributed by atoms with Gasteiger partial charge in [-0.2, -0.15) is 0 Å². The lowest BCUT2D eigenvalue weighted by Crippen LogP contribution is -2.10. The Hall–Kier alpha value is -1.21. The molecule has 0 unspecified atom stereocenters. The molecule has 0 radical (unpaired) electrons. The van der Waals surface area contributed by atoms with Crippen molar-refractivity contribution in [2.45, 2.75) is 20.3 Å². The van der Waals surface area contributed by atoms with Gasteiger partial charge in [0.2, 0.25) is 0 Å². The maximum absolute atomic E-state index is 10.9. The van der Waals surface area contributed by atoms with Crippen molar-refractivity contribution in [1.29, 1.82) is 0 Å². The summed E-state index contributed by atoms with van der Waals surface area (Å²) in [5.41, 5.74) is 0.432. The van der Waals surface area contributed by atoms with Crippen molar-refractivity contribution in [2.24, 2.45) is 5.92 Å². The van der Waals surface area contributed by atoms with E-state index >= 15 is 0 Å². The number of nitrogens with zero attached hydrogens (tertiary/aromatic N) is 2. The lowest BCUT2D eigenvalue weighted by Gasteiger charge is -2.09. The van der Waals surface area contributed by atoms with Gasteiger partial charge in [0, 0.05) is 26.0 Å². The highest BCUT2D eigenvalue weighted by Gasteiger charge is 2.16. The highest BCUT2D eigenvalue weighted by molar-refractivity contribution is 9.10. The fraction of sp³-hybridized carbons (Fsp3) is 0.583. The third kappa shape index (κ3) is 5.52. The zero-order chi connectivity index (χ0) is 14.3. The summed E-state index contributed by atoms with van der Waals surface area (Å²) in [6.45, 7) is 6.17. The summed E-state index contributed by atoms with van der Waals surface area (Å²) >= 11 is 3.26. The van der Waals surface area contributed by atoms with Crippen LogP contribution in [0.15, 0.2) is 16.9 Å². The van der Waals surface area contributed by atoms with E-state index in [-0.39, 0.29) is 5.69 Å². The van der Waals surface area contributed by atoms with Crippen LogP contribution in [0.25, 0.3) is 0 Å². The molecule has 0 saturated carbocycles. The van der Waals surface area contributed by atoms with Crippen molar-refractivity contribution in [1.82, 2.24) is 4.98 Å². The van der Waals surface area contributed by atoms with Gasteiger partial charge >= 0.3 is 5.69 Å². The van der Waals surface area contributed by atoms with Crippen molar-refractivity contribution >= 4 is 27.3 Å². The number of nitrogens with one attached hydrogen (secondary N) is 1. The molecular weight excluding hydrogens is 314 g/mol. The number of pyridine rings is 1. The Morgan fingerprint density at radius 1 is 1.53 bits per heavy atom. The molecule has 0 aliphatic heterocycles. The first kappa shape index (κ1) is 15.8. The van der Waals surface area contributed by atoms with Gasteiger partial charge in [-0.05, 0) is 28.3 Å². The quantitative estimate of drug-likeness (QED) is 0.449. The van der Waals surface area contributed by atoms with Gasteiger partial charge in [-0.15, -0.1) is 0 Å². The monoisotopic (exact) mass is 331 g/mol. The summed E-state index contributed by atoms with van der Waals surface area (Å²) in [6.07, 6.45) is 3.56. The number of nitro groups is 1. The number of hydrogen-bond donors (Lipinski definition) is 1. The van der Waals surface area contributed by atoms with Gasteiger partial charge in [-0.3, -0.25) is 15.1 Å². The van der Waals surface area contributed by atoms with Gasteiger partial charge in [-0.1, -0.05) is 13.8 Å². The first-order valence-corrected chi connectivity index (χ1v) is 6.91. The molecule has 0 amide bonds. The summed E-state index contributed by atoms with van der Waals surface area (Å²) in [5, 5.41) is 13.9. The second kappa shape index (κ2) is 8.06. The molecule has 7 heteroatoms. The van der Waals surface area contributed by atoms with Crippen LogP contribution in [0.5, 0.6) is 0 Å². The highest BCUT2D eigenvalue weighted by Crippen LogP contribution is 2.30. The fourth-order valence-corrected chi connectivity index (χ4v) is 1.91. The van der Waals surface area contributed by atoms with E-state index in [0.29, 0.717) is 29.2 Å². The zero-order valence-electron chi connectivity index (χ0n) is 11.1. The van der Waals surface area contributed by atoms with Crippen LogP contribution in [0.4, 0.5) is 11.4 Å². The molecule has 6 nitrogen and oxygen atoms in total. The van der Waals surface area contributed by atoms with E-state index in [4.69, 9.17) is 4.74 Å². The SMILES string of the molecule is CC(C)COCCCNc1c(Br)cncc1[N+](=O)[O-]. The zero-order valence-corrected chi connectivity index (χ0v) is 12.6. The molecule has 0 aliphatic carbocycles. The Balaban J connectivity index is 2.43. The van der Waals surface area contributed by atoms with Crippen molar-refractivity contribution < 1.29 is 9.66 Å². The van der Waals surface area contributed by atoms with Crippen LogP contribution in [0.2, 0.25) is 0 Å². The summed E-state index contributed by atoms with van der Waals surface area (Å²) in [7, 11) is 0. The van der Waals surface area contributed by atoms with E-state index in [0.717, 1.165) is 13.0 Å². The minimum Gasteiger partial charge on any atom is -0.381 e. The van der Waals surface area contributed by atoms with E-state index in [1.165, 1.54) is 12.4 Å². The van der Waals surface area contributed by atoms with Crippen molar-refractivity contribution in [3.63, 3.8) is 0 Å². The topological polar surface area (TPSA) is 77.3 Å². The predicted molar refractivity (Wildman–Crippen MR) is 77.4 cm³/mol. The first-order chi connectivity index (χ1) is 9.02. The molecule has 1 rings (SSSR count). The van der Waals surface area contributed by atoms with Gasteiger partial charge in [-0.25, -0.2) is 0 Å². The molecule has 0 aliphatic rings. The van der Waals surface area contributed by atoms with Crippen LogP contribution in [0.3, 0.4) is 0 Å². The van der Waals surface area contributed by atoms with E-state index in [2.05, 4.69) is 40.1 Å². The fourth-order valence-electron chi connectivity index (χ4n) is 1.44. The molecule has 0 fully saturated rings. The first-order valence-electron chi connectivity index (χ1n) is 6.12.